The highest BCUT2D eigenvalue weighted by atomic mass is 19.1. The molecule has 2 fully saturated rings. The summed E-state index contributed by atoms with van der Waals surface area (Å²) >= 11 is 0. The smallest absolute Gasteiger partial charge is 0.185 e. The van der Waals surface area contributed by atoms with Crippen molar-refractivity contribution in [3.63, 3.8) is 0 Å². The van der Waals surface area contributed by atoms with Crippen LogP contribution in [0.1, 0.15) is 31.4 Å². The first kappa shape index (κ1) is 19.0. The van der Waals surface area contributed by atoms with Crippen LogP contribution < -0.4 is 10.2 Å². The number of nitrogens with zero attached hydrogens (tertiary/aromatic N) is 6. The number of phenols is 1. The molecule has 2 saturated heterocycles. The number of aryl methyl sites for hydroxylation is 1. The first-order valence-corrected chi connectivity index (χ1v) is 10.3. The summed E-state index contributed by atoms with van der Waals surface area (Å²) in [6.45, 7) is 1.86. The van der Waals surface area contributed by atoms with E-state index in [2.05, 4.69) is 30.5 Å². The fourth-order valence-electron chi connectivity index (χ4n) is 4.60. The largest absolute Gasteiger partial charge is 0.507 e. The summed E-state index contributed by atoms with van der Waals surface area (Å²) in [7, 11) is 1.84. The van der Waals surface area contributed by atoms with Gasteiger partial charge in [-0.05, 0) is 32.3 Å². The van der Waals surface area contributed by atoms with Gasteiger partial charge < -0.3 is 15.3 Å². The summed E-state index contributed by atoms with van der Waals surface area (Å²) in [4.78, 5) is 14.9. The van der Waals surface area contributed by atoms with E-state index in [0.717, 1.165) is 31.4 Å². The highest BCUT2D eigenvalue weighted by Crippen LogP contribution is 2.33. The van der Waals surface area contributed by atoms with E-state index >= 15 is 4.39 Å². The molecule has 2 aliphatic heterocycles. The Kier molecular flexibility index (Phi) is 4.69. The standard InChI is InChI=1S/C21H24FN7O/c1-11-9-23-15-8-18(30)13(7-16(15)25-11)21-24-10-19(27-28-21)29(2)17-6-12-4-3-5-14(26-12)20(17)22/h7-10,12,14,17,20,26,30H,3-6H2,1-2H3/t12?,14?,17-,20+/m0/s1. The molecule has 1 aromatic carbocycles. The van der Waals surface area contributed by atoms with Gasteiger partial charge in [0.1, 0.15) is 11.9 Å². The van der Waals surface area contributed by atoms with Crippen molar-refractivity contribution in [2.75, 3.05) is 11.9 Å². The summed E-state index contributed by atoms with van der Waals surface area (Å²) in [5.41, 5.74) is 2.46. The third-order valence-corrected chi connectivity index (χ3v) is 6.22. The number of piperidine rings is 2. The van der Waals surface area contributed by atoms with Gasteiger partial charge in [-0.15, -0.1) is 10.2 Å². The molecule has 8 nitrogen and oxygen atoms in total. The van der Waals surface area contributed by atoms with Crippen molar-refractivity contribution in [3.8, 4) is 17.1 Å². The molecular formula is C21H24FN7O. The normalized spacial score (nSPS) is 26.0. The van der Waals surface area contributed by atoms with Gasteiger partial charge in [-0.25, -0.2) is 14.4 Å². The van der Waals surface area contributed by atoms with Crippen LogP contribution in [-0.2, 0) is 0 Å². The molecule has 0 spiro atoms. The maximum Gasteiger partial charge on any atom is 0.185 e. The summed E-state index contributed by atoms with van der Waals surface area (Å²) < 4.78 is 15.0. The number of aromatic hydroxyl groups is 1. The molecule has 4 atom stereocenters. The SMILES string of the molecule is Cc1cnc2cc(O)c(-c3ncc(N(C)[C@H]4CC5CCCC(N5)[C@H]4F)nn3)cc2n1. The van der Waals surface area contributed by atoms with Crippen molar-refractivity contribution < 1.29 is 9.50 Å². The van der Waals surface area contributed by atoms with E-state index in [1.807, 2.05) is 18.9 Å². The Morgan fingerprint density at radius 1 is 1.13 bits per heavy atom. The molecule has 5 rings (SSSR count). The highest BCUT2D eigenvalue weighted by Gasteiger charge is 2.42. The zero-order valence-corrected chi connectivity index (χ0v) is 17.0. The zero-order chi connectivity index (χ0) is 20.8. The Bertz CT molecular complexity index is 1080. The van der Waals surface area contributed by atoms with Crippen molar-refractivity contribution in [3.05, 3.63) is 30.2 Å². The van der Waals surface area contributed by atoms with Crippen LogP contribution in [0.5, 0.6) is 5.75 Å². The number of rotatable bonds is 3. The number of benzene rings is 1. The van der Waals surface area contributed by atoms with E-state index in [1.165, 1.54) is 0 Å². The summed E-state index contributed by atoms with van der Waals surface area (Å²) in [6.07, 6.45) is 6.04. The molecule has 0 amide bonds. The van der Waals surface area contributed by atoms with Crippen LogP contribution in [0.25, 0.3) is 22.4 Å². The second-order valence-corrected chi connectivity index (χ2v) is 8.27. The third-order valence-electron chi connectivity index (χ3n) is 6.22. The Hall–Kier alpha value is -2.94. The van der Waals surface area contributed by atoms with E-state index < -0.39 is 6.17 Å². The van der Waals surface area contributed by atoms with Gasteiger partial charge in [-0.1, -0.05) is 6.42 Å². The van der Waals surface area contributed by atoms with E-state index in [4.69, 9.17) is 0 Å². The van der Waals surface area contributed by atoms with Crippen LogP contribution in [0.15, 0.2) is 24.5 Å². The third kappa shape index (κ3) is 3.32. The number of fused-ring (bicyclic) bond motifs is 3. The monoisotopic (exact) mass is 409 g/mol. The molecule has 2 aromatic heterocycles. The molecule has 3 aromatic rings. The topological polar surface area (TPSA) is 100.0 Å². The predicted molar refractivity (Wildman–Crippen MR) is 111 cm³/mol. The van der Waals surface area contributed by atoms with E-state index in [-0.39, 0.29) is 23.7 Å². The fraction of sp³-hybridized carbons (Fsp3) is 0.476. The maximum atomic E-state index is 15.0. The first-order valence-electron chi connectivity index (χ1n) is 10.3. The molecule has 9 heteroatoms. The number of hydrogen-bond acceptors (Lipinski definition) is 8. The zero-order valence-electron chi connectivity index (χ0n) is 17.0. The van der Waals surface area contributed by atoms with E-state index in [9.17, 15) is 5.11 Å². The van der Waals surface area contributed by atoms with Gasteiger partial charge in [0.25, 0.3) is 0 Å². The van der Waals surface area contributed by atoms with Crippen LogP contribution >= 0.6 is 0 Å². The second-order valence-electron chi connectivity index (χ2n) is 8.27. The lowest BCUT2D eigenvalue weighted by atomic mass is 9.82. The highest BCUT2D eigenvalue weighted by molar-refractivity contribution is 5.83. The van der Waals surface area contributed by atoms with Crippen LogP contribution in [0.2, 0.25) is 0 Å². The van der Waals surface area contributed by atoms with Crippen molar-refractivity contribution in [1.82, 2.24) is 30.5 Å². The van der Waals surface area contributed by atoms with Crippen molar-refractivity contribution in [2.45, 2.75) is 56.9 Å². The van der Waals surface area contributed by atoms with Gasteiger partial charge >= 0.3 is 0 Å². The van der Waals surface area contributed by atoms with Crippen LogP contribution in [0, 0.1) is 6.92 Å². The summed E-state index contributed by atoms with van der Waals surface area (Å²) in [6, 6.07) is 3.25. The molecule has 30 heavy (non-hydrogen) atoms. The lowest BCUT2D eigenvalue weighted by molar-refractivity contribution is 0.107. The number of alkyl halides is 1. The Morgan fingerprint density at radius 3 is 2.80 bits per heavy atom. The lowest BCUT2D eigenvalue weighted by Crippen LogP contribution is -2.61. The minimum absolute atomic E-state index is 0.0126. The average Bonchev–Trinajstić information content (AvgIpc) is 2.76. The van der Waals surface area contributed by atoms with Crippen molar-refractivity contribution >= 4 is 16.9 Å². The molecule has 0 aliphatic carbocycles. The number of phenolic OH excluding ortho intramolecular Hbond substituents is 1. The second kappa shape index (κ2) is 7.39. The van der Waals surface area contributed by atoms with Crippen LogP contribution in [0.3, 0.4) is 0 Å². The average molecular weight is 409 g/mol. The minimum atomic E-state index is -0.959. The number of halogens is 1. The molecule has 2 unspecified atom stereocenters. The summed E-state index contributed by atoms with van der Waals surface area (Å²) in [5.74, 6) is 0.815. The van der Waals surface area contributed by atoms with Crippen molar-refractivity contribution in [2.24, 2.45) is 0 Å². The van der Waals surface area contributed by atoms with Gasteiger partial charge in [-0.3, -0.25) is 4.98 Å². The van der Waals surface area contributed by atoms with Crippen molar-refractivity contribution in [1.29, 1.82) is 0 Å². The van der Waals surface area contributed by atoms with E-state index in [0.29, 0.717) is 28.5 Å². The fourth-order valence-corrected chi connectivity index (χ4v) is 4.60. The number of aromatic nitrogens is 5. The number of anilines is 1. The molecule has 0 saturated carbocycles. The van der Waals surface area contributed by atoms with Gasteiger partial charge in [0, 0.05) is 31.4 Å². The van der Waals surface area contributed by atoms with Gasteiger partial charge in [0.15, 0.2) is 11.6 Å². The number of hydrogen-bond donors (Lipinski definition) is 2. The Balaban J connectivity index is 1.41. The molecule has 2 bridgehead atoms. The molecule has 2 aliphatic rings. The minimum Gasteiger partial charge on any atom is -0.507 e. The first-order chi connectivity index (χ1) is 14.5. The molecule has 156 valence electrons. The van der Waals surface area contributed by atoms with Crippen LogP contribution in [0.4, 0.5) is 10.2 Å². The lowest BCUT2D eigenvalue weighted by Gasteiger charge is -2.45. The molecule has 4 heterocycles. The molecular weight excluding hydrogens is 385 g/mol. The van der Waals surface area contributed by atoms with Crippen LogP contribution in [-0.4, -0.2) is 61.6 Å². The Morgan fingerprint density at radius 2 is 2.00 bits per heavy atom. The Labute approximate surface area is 173 Å². The predicted octanol–water partition coefficient (Wildman–Crippen LogP) is 2.55. The van der Waals surface area contributed by atoms with Gasteiger partial charge in [0.05, 0.1) is 34.5 Å². The van der Waals surface area contributed by atoms with Gasteiger partial charge in [-0.2, -0.15) is 0 Å². The molecule has 0 radical (unpaired) electrons. The molecule has 2 N–H and O–H groups in total. The maximum absolute atomic E-state index is 15.0. The quantitative estimate of drug-likeness (QED) is 0.681. The van der Waals surface area contributed by atoms with E-state index in [1.54, 1.807) is 24.5 Å². The summed E-state index contributed by atoms with van der Waals surface area (Å²) in [5, 5.41) is 22.3. The number of nitrogens with one attached hydrogen (secondary N) is 1. The van der Waals surface area contributed by atoms with Gasteiger partial charge in [0.2, 0.25) is 0 Å².